The molecule has 0 bridgehead atoms. The topological polar surface area (TPSA) is 61.4 Å². The number of anilines is 1. The number of carbonyl (C=O) groups is 1. The van der Waals surface area contributed by atoms with E-state index in [4.69, 9.17) is 0 Å². The molecule has 0 saturated heterocycles. The number of halogens is 1. The molecule has 0 fully saturated rings. The summed E-state index contributed by atoms with van der Waals surface area (Å²) in [5.74, 6) is 0.828. The number of amides is 1. The first-order chi connectivity index (χ1) is 12.8. The van der Waals surface area contributed by atoms with E-state index >= 15 is 0 Å². The van der Waals surface area contributed by atoms with Crippen molar-refractivity contribution in [2.45, 2.75) is 52.6 Å². The summed E-state index contributed by atoms with van der Waals surface area (Å²) in [6.45, 7) is 6.98. The first-order valence-corrected chi connectivity index (χ1v) is 11.1. The van der Waals surface area contributed by atoms with Gasteiger partial charge in [-0.25, -0.2) is 0 Å². The van der Waals surface area contributed by atoms with Gasteiger partial charge < -0.3 is 15.7 Å². The average molecular weight is 449 g/mol. The highest BCUT2D eigenvalue weighted by Gasteiger charge is 2.37. The number of benzene rings is 1. The normalized spacial score (nSPS) is 21.9. The van der Waals surface area contributed by atoms with Gasteiger partial charge in [0.15, 0.2) is 0 Å². The average Bonchev–Trinajstić information content (AvgIpc) is 3.01. The van der Waals surface area contributed by atoms with Crippen LogP contribution in [0.15, 0.2) is 22.7 Å². The van der Waals surface area contributed by atoms with Crippen molar-refractivity contribution in [1.29, 1.82) is 0 Å². The van der Waals surface area contributed by atoms with E-state index in [2.05, 4.69) is 47.3 Å². The zero-order valence-corrected chi connectivity index (χ0v) is 18.3. The molecule has 4 nitrogen and oxygen atoms in total. The Hall–Kier alpha value is -1.53. The minimum atomic E-state index is -0.352. The summed E-state index contributed by atoms with van der Waals surface area (Å²) in [6, 6.07) is 5.11. The second kappa shape index (κ2) is 6.82. The molecule has 1 aromatic heterocycles. The molecule has 1 amide bonds. The Kier molecular flexibility index (Phi) is 4.75. The summed E-state index contributed by atoms with van der Waals surface area (Å²) in [5, 5.41) is 17.3. The first kappa shape index (κ1) is 18.8. The van der Waals surface area contributed by atoms with Crippen LogP contribution >= 0.6 is 27.3 Å². The van der Waals surface area contributed by atoms with Crippen LogP contribution in [0.1, 0.15) is 66.1 Å². The van der Waals surface area contributed by atoms with Gasteiger partial charge in [0.25, 0.3) is 5.91 Å². The predicted octanol–water partition coefficient (Wildman–Crippen LogP) is 5.61. The summed E-state index contributed by atoms with van der Waals surface area (Å²) in [6.07, 6.45) is 4.00. The summed E-state index contributed by atoms with van der Waals surface area (Å²) in [5.41, 5.74) is 3.21. The van der Waals surface area contributed by atoms with E-state index in [0.717, 1.165) is 39.9 Å². The molecule has 2 atom stereocenters. The number of hydrogen-bond acceptors (Lipinski definition) is 4. The van der Waals surface area contributed by atoms with E-state index in [1.54, 1.807) is 29.5 Å². The molecular formula is C21H25BrN2O2S. The fraction of sp³-hybridized carbons (Fsp3) is 0.476. The van der Waals surface area contributed by atoms with E-state index in [9.17, 15) is 9.90 Å². The highest BCUT2D eigenvalue weighted by molar-refractivity contribution is 9.10. The van der Waals surface area contributed by atoms with Crippen LogP contribution < -0.4 is 10.6 Å². The number of carbonyl (C=O) groups excluding carboxylic acids is 1. The lowest BCUT2D eigenvalue weighted by Crippen LogP contribution is -2.38. The molecule has 0 radical (unpaired) electrons. The Morgan fingerprint density at radius 1 is 1.33 bits per heavy atom. The molecule has 144 valence electrons. The molecule has 0 saturated carbocycles. The summed E-state index contributed by atoms with van der Waals surface area (Å²) in [7, 11) is 0. The maximum atomic E-state index is 12.9. The molecule has 1 aliphatic heterocycles. The van der Waals surface area contributed by atoms with Gasteiger partial charge in [0.05, 0.1) is 5.56 Å². The molecule has 0 spiro atoms. The van der Waals surface area contributed by atoms with Crippen molar-refractivity contribution in [2.24, 2.45) is 11.3 Å². The lowest BCUT2D eigenvalue weighted by atomic mass is 9.69. The number of phenols is 1. The molecule has 1 aliphatic carbocycles. The maximum absolute atomic E-state index is 12.9. The van der Waals surface area contributed by atoms with Gasteiger partial charge in [0.1, 0.15) is 16.9 Å². The Balaban J connectivity index is 1.66. The third-order valence-electron chi connectivity index (χ3n) is 6.35. The quantitative estimate of drug-likeness (QED) is 0.571. The van der Waals surface area contributed by atoms with Gasteiger partial charge in [-0.05, 0) is 54.4 Å². The van der Waals surface area contributed by atoms with Gasteiger partial charge in [-0.1, -0.05) is 43.1 Å². The minimum Gasteiger partial charge on any atom is -0.508 e. The zero-order chi connectivity index (χ0) is 19.3. The van der Waals surface area contributed by atoms with Crippen LogP contribution in [0, 0.1) is 11.3 Å². The molecule has 2 aliphatic rings. The largest absolute Gasteiger partial charge is 0.508 e. The second-order valence-corrected chi connectivity index (χ2v) is 10.2. The fourth-order valence-corrected chi connectivity index (χ4v) is 5.99. The van der Waals surface area contributed by atoms with Crippen molar-refractivity contribution < 1.29 is 9.90 Å². The fourth-order valence-electron chi connectivity index (χ4n) is 4.16. The van der Waals surface area contributed by atoms with Crippen molar-refractivity contribution in [3.05, 3.63) is 44.2 Å². The lowest BCUT2D eigenvalue weighted by molar-refractivity contribution is 0.0934. The summed E-state index contributed by atoms with van der Waals surface area (Å²) < 4.78 is 0.854. The van der Waals surface area contributed by atoms with Crippen LogP contribution in [-0.2, 0) is 12.8 Å². The first-order valence-electron chi connectivity index (χ1n) is 9.50. The highest BCUT2D eigenvalue weighted by Crippen LogP contribution is 2.47. The van der Waals surface area contributed by atoms with Crippen molar-refractivity contribution in [1.82, 2.24) is 5.32 Å². The lowest BCUT2D eigenvalue weighted by Gasteiger charge is -2.36. The Morgan fingerprint density at radius 2 is 2.11 bits per heavy atom. The Morgan fingerprint density at radius 3 is 2.85 bits per heavy atom. The molecule has 2 unspecified atom stereocenters. The minimum absolute atomic E-state index is 0.0188. The van der Waals surface area contributed by atoms with Gasteiger partial charge >= 0.3 is 0 Å². The standard InChI is InChI=1S/C21H25BrN2O2S/c1-4-21(2,3)11-5-7-13-16(9-11)27-20-17(13)19(26)23-18(24-20)14-10-12(25)6-8-15(14)22/h6,8,10-11,18,24-25H,4-5,7,9H2,1-3H3,(H,23,26). The van der Waals surface area contributed by atoms with Crippen molar-refractivity contribution in [3.8, 4) is 5.75 Å². The third kappa shape index (κ3) is 3.27. The van der Waals surface area contributed by atoms with Crippen LogP contribution in [0.2, 0.25) is 0 Å². The maximum Gasteiger partial charge on any atom is 0.256 e. The number of hydrogen-bond donors (Lipinski definition) is 3. The van der Waals surface area contributed by atoms with Crippen molar-refractivity contribution >= 4 is 38.2 Å². The molecule has 4 rings (SSSR count). The Bertz CT molecular complexity index is 906. The van der Waals surface area contributed by atoms with Crippen molar-refractivity contribution in [3.63, 3.8) is 0 Å². The number of thiophene rings is 1. The SMILES string of the molecule is CCC(C)(C)C1CCc2c(sc3c2C(=O)NC(c2cc(O)ccc2Br)N3)C1. The number of nitrogens with one attached hydrogen (secondary N) is 2. The van der Waals surface area contributed by atoms with Crippen LogP contribution in [-0.4, -0.2) is 11.0 Å². The van der Waals surface area contributed by atoms with E-state index < -0.39 is 0 Å². The monoisotopic (exact) mass is 448 g/mol. The highest BCUT2D eigenvalue weighted by atomic mass is 79.9. The zero-order valence-electron chi connectivity index (χ0n) is 15.9. The van der Waals surface area contributed by atoms with Crippen molar-refractivity contribution in [2.75, 3.05) is 5.32 Å². The molecular weight excluding hydrogens is 424 g/mol. The van der Waals surface area contributed by atoms with Gasteiger partial charge in [-0.15, -0.1) is 11.3 Å². The van der Waals surface area contributed by atoms with Crippen LogP contribution in [0.5, 0.6) is 5.75 Å². The van der Waals surface area contributed by atoms with E-state index in [1.165, 1.54) is 16.9 Å². The van der Waals surface area contributed by atoms with Gasteiger partial charge in [0.2, 0.25) is 0 Å². The van der Waals surface area contributed by atoms with Crippen LogP contribution in [0.25, 0.3) is 0 Å². The molecule has 1 aromatic carbocycles. The molecule has 2 heterocycles. The Labute approximate surface area is 172 Å². The molecule has 27 heavy (non-hydrogen) atoms. The smallest absolute Gasteiger partial charge is 0.256 e. The number of fused-ring (bicyclic) bond motifs is 3. The molecule has 3 N–H and O–H groups in total. The van der Waals surface area contributed by atoms with Crippen LogP contribution in [0.4, 0.5) is 5.00 Å². The number of phenolic OH excluding ortho intramolecular Hbond substituents is 1. The predicted molar refractivity (Wildman–Crippen MR) is 114 cm³/mol. The second-order valence-electron chi connectivity index (χ2n) is 8.25. The van der Waals surface area contributed by atoms with Gasteiger partial charge in [-0.2, -0.15) is 0 Å². The summed E-state index contributed by atoms with van der Waals surface area (Å²) in [4.78, 5) is 14.3. The van der Waals surface area contributed by atoms with Gasteiger partial charge in [0, 0.05) is 14.9 Å². The van der Waals surface area contributed by atoms with Gasteiger partial charge in [-0.3, -0.25) is 4.79 Å². The molecule has 2 aromatic rings. The van der Waals surface area contributed by atoms with E-state index in [-0.39, 0.29) is 17.8 Å². The van der Waals surface area contributed by atoms with Crippen LogP contribution in [0.3, 0.4) is 0 Å². The summed E-state index contributed by atoms with van der Waals surface area (Å²) >= 11 is 5.25. The molecule has 6 heteroatoms. The number of aromatic hydroxyl groups is 1. The third-order valence-corrected chi connectivity index (χ3v) is 8.26. The van der Waals surface area contributed by atoms with E-state index in [0.29, 0.717) is 11.3 Å². The number of rotatable bonds is 3. The van der Waals surface area contributed by atoms with E-state index in [1.807, 2.05) is 0 Å².